The van der Waals surface area contributed by atoms with Gasteiger partial charge in [0.1, 0.15) is 0 Å². The first-order valence-corrected chi connectivity index (χ1v) is 8.09. The molecule has 2 atom stereocenters. The molecule has 0 radical (unpaired) electrons. The van der Waals surface area contributed by atoms with Crippen LogP contribution in [0.5, 0.6) is 0 Å². The number of nitrogens with zero attached hydrogens (tertiary/aromatic N) is 1. The number of amides is 2. The largest absolute Gasteiger partial charge is 0.379 e. The molecule has 2 unspecified atom stereocenters. The molecular formula is C15H27N3O3. The van der Waals surface area contributed by atoms with E-state index in [-0.39, 0.29) is 30.3 Å². The Bertz CT molecular complexity index is 356. The van der Waals surface area contributed by atoms with Crippen LogP contribution >= 0.6 is 0 Å². The summed E-state index contributed by atoms with van der Waals surface area (Å²) in [6.45, 7) is 5.72. The summed E-state index contributed by atoms with van der Waals surface area (Å²) in [5.74, 6) is -0.239. The van der Waals surface area contributed by atoms with Crippen molar-refractivity contribution < 1.29 is 14.3 Å². The van der Waals surface area contributed by atoms with Gasteiger partial charge >= 0.3 is 0 Å². The summed E-state index contributed by atoms with van der Waals surface area (Å²) in [4.78, 5) is 26.1. The molecule has 6 heteroatoms. The third-order valence-corrected chi connectivity index (χ3v) is 4.20. The summed E-state index contributed by atoms with van der Waals surface area (Å²) in [7, 11) is 0. The molecule has 2 aliphatic heterocycles. The molecule has 0 aromatic carbocycles. The normalized spacial score (nSPS) is 25.9. The maximum atomic E-state index is 12.2. The van der Waals surface area contributed by atoms with Crippen LogP contribution in [0.2, 0.25) is 0 Å². The average molecular weight is 297 g/mol. The molecule has 2 amide bonds. The lowest BCUT2D eigenvalue weighted by molar-refractivity contribution is -0.134. The number of piperidine rings is 1. The Hall–Kier alpha value is -1.14. The smallest absolute Gasteiger partial charge is 0.241 e. The molecule has 2 fully saturated rings. The van der Waals surface area contributed by atoms with E-state index in [0.29, 0.717) is 13.2 Å². The van der Waals surface area contributed by atoms with Crippen molar-refractivity contribution in [2.24, 2.45) is 5.92 Å². The Morgan fingerprint density at radius 3 is 2.67 bits per heavy atom. The quantitative estimate of drug-likeness (QED) is 0.731. The van der Waals surface area contributed by atoms with E-state index in [1.807, 2.05) is 4.90 Å². The zero-order chi connectivity index (χ0) is 15.1. The van der Waals surface area contributed by atoms with Crippen molar-refractivity contribution in [3.8, 4) is 0 Å². The van der Waals surface area contributed by atoms with Gasteiger partial charge in [-0.1, -0.05) is 6.92 Å². The molecule has 0 aromatic heterocycles. The summed E-state index contributed by atoms with van der Waals surface area (Å²) in [5, 5.41) is 6.11. The fourth-order valence-electron chi connectivity index (χ4n) is 2.89. The Morgan fingerprint density at radius 1 is 1.19 bits per heavy atom. The van der Waals surface area contributed by atoms with Crippen LogP contribution in [-0.4, -0.2) is 62.1 Å². The van der Waals surface area contributed by atoms with Crippen molar-refractivity contribution in [1.29, 1.82) is 0 Å². The van der Waals surface area contributed by atoms with Crippen LogP contribution in [0.15, 0.2) is 0 Å². The molecule has 120 valence electrons. The SMILES string of the molecule is CCCNC1COCC1C(=O)NCC(=O)N1CCCCC1. The monoisotopic (exact) mass is 297 g/mol. The van der Waals surface area contributed by atoms with E-state index in [4.69, 9.17) is 4.74 Å². The van der Waals surface area contributed by atoms with Crippen LogP contribution < -0.4 is 10.6 Å². The van der Waals surface area contributed by atoms with Crippen molar-refractivity contribution >= 4 is 11.8 Å². The minimum absolute atomic E-state index is 0.0278. The van der Waals surface area contributed by atoms with Crippen molar-refractivity contribution in [3.05, 3.63) is 0 Å². The average Bonchev–Trinajstić information content (AvgIpc) is 2.99. The fourth-order valence-corrected chi connectivity index (χ4v) is 2.89. The molecule has 2 aliphatic rings. The van der Waals surface area contributed by atoms with E-state index in [1.165, 1.54) is 6.42 Å². The number of ether oxygens (including phenoxy) is 1. The molecule has 2 N–H and O–H groups in total. The van der Waals surface area contributed by atoms with Gasteiger partial charge in [-0.05, 0) is 32.2 Å². The van der Waals surface area contributed by atoms with E-state index < -0.39 is 0 Å². The van der Waals surface area contributed by atoms with Crippen LogP contribution in [0, 0.1) is 5.92 Å². The minimum atomic E-state index is -0.189. The first-order valence-electron chi connectivity index (χ1n) is 8.09. The second-order valence-electron chi connectivity index (χ2n) is 5.86. The molecule has 0 saturated carbocycles. The van der Waals surface area contributed by atoms with Crippen molar-refractivity contribution in [2.45, 2.75) is 38.6 Å². The molecular weight excluding hydrogens is 270 g/mol. The van der Waals surface area contributed by atoms with E-state index in [9.17, 15) is 9.59 Å². The summed E-state index contributed by atoms with van der Waals surface area (Å²) in [6.07, 6.45) is 4.36. The lowest BCUT2D eigenvalue weighted by Gasteiger charge is -2.27. The third kappa shape index (κ3) is 4.68. The number of carbonyl (C=O) groups excluding carboxylic acids is 2. The van der Waals surface area contributed by atoms with Gasteiger partial charge in [-0.2, -0.15) is 0 Å². The maximum absolute atomic E-state index is 12.2. The molecule has 0 aromatic rings. The van der Waals surface area contributed by atoms with Gasteiger partial charge in [-0.25, -0.2) is 0 Å². The summed E-state index contributed by atoms with van der Waals surface area (Å²) in [5.41, 5.74) is 0. The van der Waals surface area contributed by atoms with Crippen molar-refractivity contribution in [3.63, 3.8) is 0 Å². The van der Waals surface area contributed by atoms with E-state index in [1.54, 1.807) is 0 Å². The fraction of sp³-hybridized carbons (Fsp3) is 0.867. The van der Waals surface area contributed by atoms with Gasteiger partial charge < -0.3 is 20.3 Å². The van der Waals surface area contributed by atoms with Gasteiger partial charge in [0.2, 0.25) is 11.8 Å². The molecule has 21 heavy (non-hydrogen) atoms. The first-order chi connectivity index (χ1) is 10.2. The third-order valence-electron chi connectivity index (χ3n) is 4.20. The highest BCUT2D eigenvalue weighted by atomic mass is 16.5. The highest BCUT2D eigenvalue weighted by Gasteiger charge is 2.33. The second kappa shape index (κ2) is 8.34. The number of likely N-dealkylation sites (tertiary alicyclic amines) is 1. The van der Waals surface area contributed by atoms with Crippen LogP contribution in [0.3, 0.4) is 0 Å². The standard InChI is InChI=1S/C15H27N3O3/c1-2-6-16-13-11-21-10-12(13)15(20)17-9-14(19)18-7-4-3-5-8-18/h12-13,16H,2-11H2,1H3,(H,17,20). The van der Waals surface area contributed by atoms with Gasteiger partial charge in [0.25, 0.3) is 0 Å². The van der Waals surface area contributed by atoms with Crippen LogP contribution in [0.1, 0.15) is 32.6 Å². The highest BCUT2D eigenvalue weighted by Crippen LogP contribution is 2.14. The highest BCUT2D eigenvalue weighted by molar-refractivity contribution is 5.86. The van der Waals surface area contributed by atoms with Crippen LogP contribution in [-0.2, 0) is 14.3 Å². The predicted octanol–water partition coefficient (Wildman–Crippen LogP) is 0.130. The Kier molecular flexibility index (Phi) is 6.45. The second-order valence-corrected chi connectivity index (χ2v) is 5.86. The molecule has 2 heterocycles. The van der Waals surface area contributed by atoms with E-state index in [2.05, 4.69) is 17.6 Å². The number of carbonyl (C=O) groups is 2. The maximum Gasteiger partial charge on any atom is 0.241 e. The number of hydrogen-bond donors (Lipinski definition) is 2. The van der Waals surface area contributed by atoms with Gasteiger partial charge in [0.15, 0.2) is 0 Å². The zero-order valence-corrected chi connectivity index (χ0v) is 12.9. The summed E-state index contributed by atoms with van der Waals surface area (Å²) < 4.78 is 5.39. The zero-order valence-electron chi connectivity index (χ0n) is 12.9. The van der Waals surface area contributed by atoms with Gasteiger partial charge in [-0.15, -0.1) is 0 Å². The van der Waals surface area contributed by atoms with Gasteiger partial charge in [-0.3, -0.25) is 9.59 Å². The summed E-state index contributed by atoms with van der Waals surface area (Å²) in [6, 6.07) is 0.0649. The van der Waals surface area contributed by atoms with Crippen LogP contribution in [0.4, 0.5) is 0 Å². The minimum Gasteiger partial charge on any atom is -0.379 e. The first kappa shape index (κ1) is 16.2. The molecule has 0 aliphatic carbocycles. The molecule has 2 rings (SSSR count). The van der Waals surface area contributed by atoms with E-state index >= 15 is 0 Å². The Balaban J connectivity index is 1.74. The number of nitrogens with one attached hydrogen (secondary N) is 2. The van der Waals surface area contributed by atoms with Gasteiger partial charge in [0, 0.05) is 19.1 Å². The predicted molar refractivity (Wildman–Crippen MR) is 79.8 cm³/mol. The Morgan fingerprint density at radius 2 is 1.95 bits per heavy atom. The van der Waals surface area contributed by atoms with Crippen molar-refractivity contribution in [2.75, 3.05) is 39.4 Å². The molecule has 2 saturated heterocycles. The van der Waals surface area contributed by atoms with Gasteiger partial charge in [0.05, 0.1) is 25.7 Å². The molecule has 0 bridgehead atoms. The van der Waals surface area contributed by atoms with Crippen LogP contribution in [0.25, 0.3) is 0 Å². The number of hydrogen-bond acceptors (Lipinski definition) is 4. The molecule has 6 nitrogen and oxygen atoms in total. The molecule has 0 spiro atoms. The lowest BCUT2D eigenvalue weighted by atomic mass is 10.0. The topological polar surface area (TPSA) is 70.7 Å². The Labute approximate surface area is 126 Å². The van der Waals surface area contributed by atoms with Crippen molar-refractivity contribution in [1.82, 2.24) is 15.5 Å². The number of rotatable bonds is 6. The summed E-state index contributed by atoms with van der Waals surface area (Å²) >= 11 is 0. The lowest BCUT2D eigenvalue weighted by Crippen LogP contribution is -2.48. The van der Waals surface area contributed by atoms with E-state index in [0.717, 1.165) is 38.9 Å².